The van der Waals surface area contributed by atoms with E-state index in [0.29, 0.717) is 47.4 Å². The van der Waals surface area contributed by atoms with Gasteiger partial charge < -0.3 is 9.64 Å². The van der Waals surface area contributed by atoms with Gasteiger partial charge in [0.2, 0.25) is 0 Å². The van der Waals surface area contributed by atoms with Gasteiger partial charge in [-0.3, -0.25) is 19.3 Å². The van der Waals surface area contributed by atoms with Crippen molar-refractivity contribution in [3.05, 3.63) is 101 Å². The van der Waals surface area contributed by atoms with Gasteiger partial charge in [-0.25, -0.2) is 0 Å². The molecule has 2 aromatic carbocycles. The zero-order valence-electron chi connectivity index (χ0n) is 22.9. The summed E-state index contributed by atoms with van der Waals surface area (Å²) in [7, 11) is 3.48. The van der Waals surface area contributed by atoms with Crippen LogP contribution < -0.4 is 4.74 Å². The summed E-state index contributed by atoms with van der Waals surface area (Å²) >= 11 is 0. The number of benzene rings is 2. The highest BCUT2D eigenvalue weighted by atomic mass is 16.5. The maximum Gasteiger partial charge on any atom is 0.253 e. The van der Waals surface area contributed by atoms with E-state index in [0.717, 1.165) is 23.2 Å². The van der Waals surface area contributed by atoms with Gasteiger partial charge in [-0.15, -0.1) is 0 Å². The third-order valence-electron chi connectivity index (χ3n) is 7.23. The van der Waals surface area contributed by atoms with Crippen LogP contribution in [0, 0.1) is 5.92 Å². The number of amides is 1. The van der Waals surface area contributed by atoms with Crippen LogP contribution in [0.5, 0.6) is 5.75 Å². The fourth-order valence-electron chi connectivity index (χ4n) is 5.01. The number of aromatic nitrogens is 3. The number of rotatable bonds is 9. The Bertz CT molecular complexity index is 1470. The molecule has 7 heteroatoms. The molecule has 0 atom stereocenters. The predicted octanol–water partition coefficient (Wildman–Crippen LogP) is 5.35. The minimum Gasteiger partial charge on any atom is -0.496 e. The van der Waals surface area contributed by atoms with E-state index < -0.39 is 0 Å². The van der Waals surface area contributed by atoms with Crippen LogP contribution >= 0.6 is 0 Å². The Kier molecular flexibility index (Phi) is 7.59. The lowest BCUT2D eigenvalue weighted by Crippen LogP contribution is -2.48. The summed E-state index contributed by atoms with van der Waals surface area (Å²) in [5, 5.41) is 4.24. The maximum absolute atomic E-state index is 13.3. The SMILES string of the molecule is COc1ccc(C(=O)N2CC(c3ccc(-c4cnn(C)c4)cc3)C2)cc1CC(=O)c1ccc(CC(C)C)nc1. The zero-order valence-corrected chi connectivity index (χ0v) is 22.9. The van der Waals surface area contributed by atoms with E-state index in [9.17, 15) is 9.59 Å². The second-order valence-electron chi connectivity index (χ2n) is 10.7. The Morgan fingerprint density at radius 3 is 2.33 bits per heavy atom. The molecule has 1 saturated heterocycles. The number of methoxy groups -OCH3 is 1. The third-order valence-corrected chi connectivity index (χ3v) is 7.23. The maximum atomic E-state index is 13.3. The summed E-state index contributed by atoms with van der Waals surface area (Å²) < 4.78 is 7.29. The normalized spacial score (nSPS) is 13.4. The minimum absolute atomic E-state index is 0.0331. The van der Waals surface area contributed by atoms with E-state index in [2.05, 4.69) is 48.2 Å². The van der Waals surface area contributed by atoms with Crippen molar-refractivity contribution in [1.29, 1.82) is 0 Å². The zero-order chi connectivity index (χ0) is 27.5. The summed E-state index contributed by atoms with van der Waals surface area (Å²) in [5.74, 6) is 1.32. The molecule has 0 N–H and O–H groups in total. The third kappa shape index (κ3) is 5.93. The molecule has 0 saturated carbocycles. The number of ketones is 1. The molecule has 4 aromatic rings. The molecule has 0 aliphatic carbocycles. The van der Waals surface area contributed by atoms with Crippen molar-refractivity contribution < 1.29 is 14.3 Å². The first-order valence-corrected chi connectivity index (χ1v) is 13.3. The molecule has 2 aromatic heterocycles. The molecule has 1 amide bonds. The van der Waals surface area contributed by atoms with Crippen LogP contribution in [0.15, 0.2) is 73.2 Å². The van der Waals surface area contributed by atoms with Crippen LogP contribution in [0.3, 0.4) is 0 Å². The second-order valence-corrected chi connectivity index (χ2v) is 10.7. The highest BCUT2D eigenvalue weighted by molar-refractivity contribution is 5.99. The average Bonchev–Trinajstić information content (AvgIpc) is 3.34. The standard InChI is InChI=1S/C32H34N4O3/c1-21(2)13-29-11-9-25(16-33-29)30(37)15-26-14-24(10-12-31(26)39-4)32(38)36-19-28(20-36)23-7-5-22(6-8-23)27-17-34-35(3)18-27/h5-12,14,16-18,21,28H,13,15,19-20H2,1-4H3. The van der Waals surface area contributed by atoms with Gasteiger partial charge in [0, 0.05) is 72.8 Å². The van der Waals surface area contributed by atoms with Gasteiger partial charge in [0.15, 0.2) is 5.78 Å². The van der Waals surface area contributed by atoms with E-state index in [-0.39, 0.29) is 18.1 Å². The number of nitrogens with zero attached hydrogens (tertiary/aromatic N) is 4. The smallest absolute Gasteiger partial charge is 0.253 e. The molecule has 3 heterocycles. The topological polar surface area (TPSA) is 77.3 Å². The first-order valence-electron chi connectivity index (χ1n) is 13.3. The Hall–Kier alpha value is -4.26. The van der Waals surface area contributed by atoms with E-state index in [1.807, 2.05) is 36.5 Å². The van der Waals surface area contributed by atoms with Crippen molar-refractivity contribution in [3.8, 4) is 16.9 Å². The minimum atomic E-state index is -0.0553. The first-order chi connectivity index (χ1) is 18.8. The number of hydrogen-bond acceptors (Lipinski definition) is 5. The molecule has 7 nitrogen and oxygen atoms in total. The summed E-state index contributed by atoms with van der Waals surface area (Å²) in [6.07, 6.45) is 6.51. The quantitative estimate of drug-likeness (QED) is 0.277. The van der Waals surface area contributed by atoms with Gasteiger partial charge in [-0.2, -0.15) is 5.10 Å². The molecule has 200 valence electrons. The summed E-state index contributed by atoms with van der Waals surface area (Å²) in [4.78, 5) is 32.6. The van der Waals surface area contributed by atoms with Crippen LogP contribution in [0.25, 0.3) is 11.1 Å². The van der Waals surface area contributed by atoms with Gasteiger partial charge in [-0.05, 0) is 53.8 Å². The molecule has 1 aliphatic rings. The molecule has 1 fully saturated rings. The molecule has 1 aliphatic heterocycles. The summed E-state index contributed by atoms with van der Waals surface area (Å²) in [5.41, 5.74) is 6.23. The van der Waals surface area contributed by atoms with Crippen molar-refractivity contribution in [2.75, 3.05) is 20.2 Å². The van der Waals surface area contributed by atoms with Gasteiger partial charge in [0.1, 0.15) is 5.75 Å². The van der Waals surface area contributed by atoms with Crippen LogP contribution in [0.1, 0.15) is 57.3 Å². The van der Waals surface area contributed by atoms with Crippen LogP contribution in [0.2, 0.25) is 0 Å². The Morgan fingerprint density at radius 1 is 0.974 bits per heavy atom. The van der Waals surface area contributed by atoms with Gasteiger partial charge in [0.05, 0.1) is 13.3 Å². The highest BCUT2D eigenvalue weighted by Crippen LogP contribution is 2.31. The monoisotopic (exact) mass is 522 g/mol. The van der Waals surface area contributed by atoms with E-state index in [1.165, 1.54) is 5.56 Å². The lowest BCUT2D eigenvalue weighted by atomic mass is 9.89. The number of Topliss-reactive ketones (excluding diaryl/α,β-unsaturated/α-hetero) is 1. The molecule has 0 unspecified atom stereocenters. The lowest BCUT2D eigenvalue weighted by Gasteiger charge is -2.39. The number of likely N-dealkylation sites (tertiary alicyclic amines) is 1. The van der Waals surface area contributed by atoms with Crippen molar-refractivity contribution in [3.63, 3.8) is 0 Å². The average molecular weight is 523 g/mol. The highest BCUT2D eigenvalue weighted by Gasteiger charge is 2.32. The number of carbonyl (C=O) groups is 2. The summed E-state index contributed by atoms with van der Waals surface area (Å²) in [6, 6.07) is 17.6. The fourth-order valence-corrected chi connectivity index (χ4v) is 5.01. The van der Waals surface area contributed by atoms with Gasteiger partial charge in [-0.1, -0.05) is 38.1 Å². The van der Waals surface area contributed by atoms with Gasteiger partial charge >= 0.3 is 0 Å². The molecule has 0 spiro atoms. The van der Waals surface area contributed by atoms with E-state index in [4.69, 9.17) is 4.74 Å². The Morgan fingerprint density at radius 2 is 1.72 bits per heavy atom. The number of carbonyl (C=O) groups excluding carboxylic acids is 2. The second kappa shape index (κ2) is 11.2. The van der Waals surface area contributed by atoms with Crippen LogP contribution in [-0.2, 0) is 19.9 Å². The largest absolute Gasteiger partial charge is 0.496 e. The number of pyridine rings is 1. The molecular weight excluding hydrogens is 488 g/mol. The number of ether oxygens (including phenoxy) is 1. The first kappa shape index (κ1) is 26.4. The van der Waals surface area contributed by atoms with Crippen molar-refractivity contribution in [2.45, 2.75) is 32.6 Å². The molecule has 0 radical (unpaired) electrons. The van der Waals surface area contributed by atoms with E-state index in [1.54, 1.807) is 36.2 Å². The van der Waals surface area contributed by atoms with Crippen LogP contribution in [-0.4, -0.2) is 51.6 Å². The van der Waals surface area contributed by atoms with Crippen LogP contribution in [0.4, 0.5) is 0 Å². The fraction of sp³-hybridized carbons (Fsp3) is 0.312. The van der Waals surface area contributed by atoms with Crippen molar-refractivity contribution in [2.24, 2.45) is 13.0 Å². The molecular formula is C32H34N4O3. The lowest BCUT2D eigenvalue weighted by molar-refractivity contribution is 0.0602. The number of aryl methyl sites for hydroxylation is 1. The van der Waals surface area contributed by atoms with Crippen molar-refractivity contribution in [1.82, 2.24) is 19.7 Å². The van der Waals surface area contributed by atoms with Crippen molar-refractivity contribution >= 4 is 11.7 Å². The Balaban J connectivity index is 1.23. The predicted molar refractivity (Wildman–Crippen MR) is 151 cm³/mol. The number of hydrogen-bond donors (Lipinski definition) is 0. The summed E-state index contributed by atoms with van der Waals surface area (Å²) in [6.45, 7) is 5.62. The van der Waals surface area contributed by atoms with E-state index >= 15 is 0 Å². The Labute approximate surface area is 229 Å². The molecule has 5 rings (SSSR count). The van der Waals surface area contributed by atoms with Gasteiger partial charge in [0.25, 0.3) is 5.91 Å². The molecule has 0 bridgehead atoms. The molecule has 39 heavy (non-hydrogen) atoms.